The number of oxime groups is 1. The summed E-state index contributed by atoms with van der Waals surface area (Å²) in [5, 5.41) is 4.24. The molecule has 15 heavy (non-hydrogen) atoms. The first-order valence-electron chi connectivity index (χ1n) is 5.65. The lowest BCUT2D eigenvalue weighted by Gasteiger charge is -2.34. The molecule has 2 saturated carbocycles. The fourth-order valence-corrected chi connectivity index (χ4v) is 3.21. The van der Waals surface area contributed by atoms with Crippen LogP contribution in [0.4, 0.5) is 0 Å². The van der Waals surface area contributed by atoms with Crippen molar-refractivity contribution in [1.82, 2.24) is 0 Å². The van der Waals surface area contributed by atoms with Gasteiger partial charge in [0, 0.05) is 5.41 Å². The minimum atomic E-state index is 0.228. The molecule has 0 aromatic heterocycles. The van der Waals surface area contributed by atoms with Gasteiger partial charge in [-0.2, -0.15) is 0 Å². The zero-order chi connectivity index (χ0) is 11.1. The Kier molecular flexibility index (Phi) is 2.30. The third kappa shape index (κ3) is 1.29. The van der Waals surface area contributed by atoms with Crippen LogP contribution < -0.4 is 0 Å². The number of nitrogens with zero attached hydrogens (tertiary/aromatic N) is 1. The average Bonchev–Trinajstić information content (AvgIpc) is 2.51. The molecular formula is C13H19NO. The monoisotopic (exact) mass is 205 g/mol. The van der Waals surface area contributed by atoms with Gasteiger partial charge < -0.3 is 4.84 Å². The van der Waals surface area contributed by atoms with Gasteiger partial charge in [-0.3, -0.25) is 0 Å². The van der Waals surface area contributed by atoms with Gasteiger partial charge in [-0.25, -0.2) is 0 Å². The van der Waals surface area contributed by atoms with E-state index in [0.717, 1.165) is 12.3 Å². The Morgan fingerprint density at radius 3 is 2.73 bits per heavy atom. The van der Waals surface area contributed by atoms with Crippen LogP contribution in [-0.4, -0.2) is 12.3 Å². The molecule has 0 aromatic rings. The summed E-state index contributed by atoms with van der Waals surface area (Å²) in [7, 11) is 0. The molecule has 0 amide bonds. The molecule has 0 aromatic carbocycles. The molecule has 2 heteroatoms. The minimum absolute atomic E-state index is 0.228. The average molecular weight is 205 g/mol. The van der Waals surface area contributed by atoms with Crippen molar-refractivity contribution in [3.05, 3.63) is 0 Å². The second-order valence-electron chi connectivity index (χ2n) is 5.51. The molecule has 0 spiro atoms. The van der Waals surface area contributed by atoms with E-state index < -0.39 is 0 Å². The predicted octanol–water partition coefficient (Wildman–Crippen LogP) is 2.84. The van der Waals surface area contributed by atoms with E-state index >= 15 is 0 Å². The van der Waals surface area contributed by atoms with Gasteiger partial charge in [0.05, 0.1) is 5.71 Å². The highest BCUT2D eigenvalue weighted by atomic mass is 16.6. The quantitative estimate of drug-likeness (QED) is 0.386. The number of terminal acetylenes is 1. The van der Waals surface area contributed by atoms with E-state index in [1.54, 1.807) is 0 Å². The van der Waals surface area contributed by atoms with Crippen LogP contribution in [0.3, 0.4) is 0 Å². The largest absolute Gasteiger partial charge is 0.383 e. The van der Waals surface area contributed by atoms with E-state index in [-0.39, 0.29) is 12.0 Å². The van der Waals surface area contributed by atoms with E-state index in [1.165, 1.54) is 18.6 Å². The van der Waals surface area contributed by atoms with Gasteiger partial charge in [-0.1, -0.05) is 31.8 Å². The number of hydrogen-bond acceptors (Lipinski definition) is 2. The van der Waals surface area contributed by atoms with Gasteiger partial charge in [-0.05, 0) is 30.6 Å². The van der Waals surface area contributed by atoms with Crippen molar-refractivity contribution < 1.29 is 4.84 Å². The molecule has 0 aliphatic heterocycles. The molecule has 82 valence electrons. The third-order valence-corrected chi connectivity index (χ3v) is 4.83. The third-order valence-electron chi connectivity index (χ3n) is 4.83. The van der Waals surface area contributed by atoms with Crippen molar-refractivity contribution in [2.24, 2.45) is 21.9 Å². The summed E-state index contributed by atoms with van der Waals surface area (Å²) in [6.45, 7) is 7.31. The molecule has 0 N–H and O–H groups in total. The summed E-state index contributed by atoms with van der Waals surface area (Å²) in [4.78, 5) is 5.13. The Morgan fingerprint density at radius 2 is 2.27 bits per heavy atom. The molecule has 2 atom stereocenters. The van der Waals surface area contributed by atoms with Gasteiger partial charge >= 0.3 is 0 Å². The molecule has 2 rings (SSSR count). The van der Waals surface area contributed by atoms with E-state index in [9.17, 15) is 0 Å². The van der Waals surface area contributed by atoms with Crippen LogP contribution in [0, 0.1) is 29.1 Å². The smallest absolute Gasteiger partial charge is 0.177 e. The van der Waals surface area contributed by atoms with Crippen LogP contribution in [0.25, 0.3) is 0 Å². The van der Waals surface area contributed by atoms with Crippen molar-refractivity contribution in [3.63, 3.8) is 0 Å². The molecule has 0 radical (unpaired) electrons. The van der Waals surface area contributed by atoms with Crippen LogP contribution in [0.1, 0.15) is 40.0 Å². The Bertz CT molecular complexity index is 337. The topological polar surface area (TPSA) is 21.6 Å². The molecule has 2 fully saturated rings. The van der Waals surface area contributed by atoms with E-state index in [1.807, 2.05) is 0 Å². The fraction of sp³-hybridized carbons (Fsp3) is 0.769. The molecule has 2 aliphatic rings. The number of hydrogen-bond donors (Lipinski definition) is 0. The summed E-state index contributed by atoms with van der Waals surface area (Å²) >= 11 is 0. The Morgan fingerprint density at radius 1 is 1.53 bits per heavy atom. The highest BCUT2D eigenvalue weighted by molar-refractivity contribution is 5.93. The molecule has 2 unspecified atom stereocenters. The van der Waals surface area contributed by atoms with E-state index in [0.29, 0.717) is 5.41 Å². The highest BCUT2D eigenvalue weighted by Crippen LogP contribution is 2.63. The number of fused-ring (bicyclic) bond motifs is 2. The zero-order valence-corrected chi connectivity index (χ0v) is 9.84. The lowest BCUT2D eigenvalue weighted by molar-refractivity contribution is 0.164. The van der Waals surface area contributed by atoms with E-state index in [4.69, 9.17) is 11.3 Å². The van der Waals surface area contributed by atoms with Gasteiger partial charge in [-0.15, -0.1) is 6.42 Å². The lowest BCUT2D eigenvalue weighted by atomic mass is 9.70. The van der Waals surface area contributed by atoms with Crippen molar-refractivity contribution >= 4 is 5.71 Å². The second-order valence-corrected chi connectivity index (χ2v) is 5.51. The predicted molar refractivity (Wildman–Crippen MR) is 61.4 cm³/mol. The van der Waals surface area contributed by atoms with Gasteiger partial charge in [0.1, 0.15) is 0 Å². The van der Waals surface area contributed by atoms with Crippen molar-refractivity contribution in [1.29, 1.82) is 0 Å². The van der Waals surface area contributed by atoms with Crippen LogP contribution in [0.2, 0.25) is 0 Å². The summed E-state index contributed by atoms with van der Waals surface area (Å²) in [6.07, 6.45) is 8.79. The Hall–Kier alpha value is -0.970. The lowest BCUT2D eigenvalue weighted by Crippen LogP contribution is -2.32. The molecule has 2 aliphatic carbocycles. The van der Waals surface area contributed by atoms with Crippen LogP contribution in [-0.2, 0) is 4.84 Å². The summed E-state index contributed by atoms with van der Waals surface area (Å²) in [5.41, 5.74) is 1.82. The van der Waals surface area contributed by atoms with Crippen molar-refractivity contribution in [2.45, 2.75) is 40.0 Å². The highest BCUT2D eigenvalue weighted by Gasteiger charge is 2.60. The maximum absolute atomic E-state index is 5.13. The Labute approximate surface area is 92.1 Å². The van der Waals surface area contributed by atoms with Crippen LogP contribution in [0.5, 0.6) is 0 Å². The van der Waals surface area contributed by atoms with Crippen LogP contribution in [0.15, 0.2) is 5.16 Å². The Balaban J connectivity index is 2.19. The molecular weight excluding hydrogens is 186 g/mol. The minimum Gasteiger partial charge on any atom is -0.383 e. The maximum atomic E-state index is 5.13. The summed E-state index contributed by atoms with van der Waals surface area (Å²) in [6, 6.07) is 0. The fourth-order valence-electron chi connectivity index (χ4n) is 3.21. The normalized spacial score (nSPS) is 39.3. The summed E-state index contributed by atoms with van der Waals surface area (Å²) in [5.74, 6) is 3.21. The van der Waals surface area contributed by atoms with Gasteiger partial charge in [0.2, 0.25) is 0 Å². The van der Waals surface area contributed by atoms with Gasteiger partial charge in [0.15, 0.2) is 6.61 Å². The first-order chi connectivity index (χ1) is 7.02. The van der Waals surface area contributed by atoms with Crippen molar-refractivity contribution in [3.8, 4) is 12.3 Å². The summed E-state index contributed by atoms with van der Waals surface area (Å²) < 4.78 is 0. The molecule has 0 heterocycles. The molecule has 2 bridgehead atoms. The van der Waals surface area contributed by atoms with E-state index in [2.05, 4.69) is 31.8 Å². The second kappa shape index (κ2) is 3.27. The SMILES string of the molecule is C#CCO/N=C1\CC2CCC1(C)C2(C)C. The van der Waals surface area contributed by atoms with Crippen molar-refractivity contribution in [2.75, 3.05) is 6.61 Å². The number of rotatable bonds is 2. The first kappa shape index (κ1) is 10.5. The van der Waals surface area contributed by atoms with Crippen LogP contribution >= 0.6 is 0 Å². The zero-order valence-electron chi connectivity index (χ0n) is 9.84. The standard InChI is InChI=1S/C13H19NO/c1-5-8-15-14-11-9-10-6-7-13(11,4)12(10,2)3/h1,10H,6-9H2,2-4H3/b14-11+. The first-order valence-corrected chi connectivity index (χ1v) is 5.65. The molecule has 0 saturated heterocycles. The maximum Gasteiger partial charge on any atom is 0.177 e. The van der Waals surface area contributed by atoms with Gasteiger partial charge in [0.25, 0.3) is 0 Å². The molecule has 2 nitrogen and oxygen atoms in total.